The van der Waals surface area contributed by atoms with E-state index < -0.39 is 11.8 Å². The molecule has 0 spiro atoms. The fourth-order valence-corrected chi connectivity index (χ4v) is 2.63. The van der Waals surface area contributed by atoms with Crippen molar-refractivity contribution in [1.29, 1.82) is 0 Å². The summed E-state index contributed by atoms with van der Waals surface area (Å²) in [6, 6.07) is 12.3. The summed E-state index contributed by atoms with van der Waals surface area (Å²) in [5.74, 6) is -1.52. The molecule has 1 atom stereocenters. The molecule has 0 unspecified atom stereocenters. The zero-order chi connectivity index (χ0) is 22.8. The average molecular weight is 489 g/mol. The van der Waals surface area contributed by atoms with Crippen molar-refractivity contribution in [3.05, 3.63) is 58.1 Å². The van der Waals surface area contributed by atoms with Crippen molar-refractivity contribution in [1.82, 2.24) is 10.7 Å². The van der Waals surface area contributed by atoms with E-state index in [1.165, 1.54) is 6.21 Å². The molecule has 0 bridgehead atoms. The van der Waals surface area contributed by atoms with Crippen LogP contribution < -0.4 is 20.8 Å². The van der Waals surface area contributed by atoms with E-state index in [1.807, 2.05) is 26.0 Å². The second-order valence-corrected chi connectivity index (χ2v) is 7.67. The number of halogens is 1. The average Bonchev–Trinajstić information content (AvgIpc) is 2.75. The van der Waals surface area contributed by atoms with Crippen LogP contribution in [-0.2, 0) is 14.4 Å². The first-order valence-corrected chi connectivity index (χ1v) is 10.5. The van der Waals surface area contributed by atoms with Crippen molar-refractivity contribution in [2.75, 3.05) is 11.9 Å². The van der Waals surface area contributed by atoms with E-state index in [1.54, 1.807) is 37.3 Å². The number of amides is 3. The van der Waals surface area contributed by atoms with Crippen LogP contribution in [0.4, 0.5) is 5.69 Å². The van der Waals surface area contributed by atoms with Crippen LogP contribution in [0.5, 0.6) is 5.75 Å². The summed E-state index contributed by atoms with van der Waals surface area (Å²) in [5, 5.41) is 9.12. The number of hydrogen-bond donors (Lipinski definition) is 3. The van der Waals surface area contributed by atoms with Crippen molar-refractivity contribution in [3.63, 3.8) is 0 Å². The maximum absolute atomic E-state index is 12.2. The summed E-state index contributed by atoms with van der Waals surface area (Å²) < 4.78 is 6.55. The van der Waals surface area contributed by atoms with Gasteiger partial charge in [0.25, 0.3) is 5.91 Å². The molecule has 0 saturated carbocycles. The van der Waals surface area contributed by atoms with Gasteiger partial charge in [-0.25, -0.2) is 5.43 Å². The number of anilines is 1. The maximum Gasteiger partial charge on any atom is 0.329 e. The van der Waals surface area contributed by atoms with E-state index in [0.717, 1.165) is 10.0 Å². The van der Waals surface area contributed by atoms with Gasteiger partial charge in [0.15, 0.2) is 6.61 Å². The van der Waals surface area contributed by atoms with Crippen LogP contribution in [0.25, 0.3) is 0 Å². The topological polar surface area (TPSA) is 109 Å². The highest BCUT2D eigenvalue weighted by Gasteiger charge is 2.14. The van der Waals surface area contributed by atoms with Crippen molar-refractivity contribution in [2.45, 2.75) is 33.2 Å². The molecule has 0 aliphatic carbocycles. The van der Waals surface area contributed by atoms with Gasteiger partial charge in [0.05, 0.1) is 6.21 Å². The molecule has 3 N–H and O–H groups in total. The number of hydrazone groups is 1. The Bertz CT molecular complexity index is 978. The Hall–Kier alpha value is -3.20. The van der Waals surface area contributed by atoms with Gasteiger partial charge >= 0.3 is 11.8 Å². The molecule has 0 aliphatic rings. The van der Waals surface area contributed by atoms with Crippen LogP contribution in [0.1, 0.15) is 31.4 Å². The predicted octanol–water partition coefficient (Wildman–Crippen LogP) is 3.14. The molecular weight excluding hydrogens is 464 g/mol. The van der Waals surface area contributed by atoms with Crippen LogP contribution in [0.15, 0.2) is 52.0 Å². The molecule has 0 fully saturated rings. The van der Waals surface area contributed by atoms with E-state index >= 15 is 0 Å². The van der Waals surface area contributed by atoms with Gasteiger partial charge in [-0.1, -0.05) is 35.0 Å². The smallest absolute Gasteiger partial charge is 0.329 e. The van der Waals surface area contributed by atoms with Crippen molar-refractivity contribution in [2.24, 2.45) is 5.10 Å². The SMILES string of the molecule is CC[C@@H](C)NC(=O)C(=O)N/N=C\c1ccccc1OCC(=O)Nc1ccc(Br)c(C)c1. The fourth-order valence-electron chi connectivity index (χ4n) is 2.38. The number of carbonyl (C=O) groups excluding carboxylic acids is 3. The molecule has 164 valence electrons. The quantitative estimate of drug-likeness (QED) is 0.301. The van der Waals surface area contributed by atoms with Gasteiger partial charge in [-0.2, -0.15) is 5.10 Å². The van der Waals surface area contributed by atoms with Crippen LogP contribution in [0, 0.1) is 6.92 Å². The number of hydrogen-bond acceptors (Lipinski definition) is 5. The van der Waals surface area contributed by atoms with E-state index in [4.69, 9.17) is 4.74 Å². The number of benzene rings is 2. The normalized spacial score (nSPS) is 11.6. The molecule has 8 nitrogen and oxygen atoms in total. The highest BCUT2D eigenvalue weighted by atomic mass is 79.9. The van der Waals surface area contributed by atoms with Gasteiger partial charge in [-0.15, -0.1) is 0 Å². The van der Waals surface area contributed by atoms with Gasteiger partial charge in [0, 0.05) is 21.8 Å². The van der Waals surface area contributed by atoms with Crippen LogP contribution in [0.3, 0.4) is 0 Å². The van der Waals surface area contributed by atoms with E-state index in [-0.39, 0.29) is 18.6 Å². The molecule has 9 heteroatoms. The molecule has 2 aromatic rings. The Morgan fingerprint density at radius 2 is 1.90 bits per heavy atom. The number of rotatable bonds is 8. The van der Waals surface area contributed by atoms with Gasteiger partial charge in [0.2, 0.25) is 0 Å². The molecule has 0 aromatic heterocycles. The minimum Gasteiger partial charge on any atom is -0.483 e. The molecule has 0 saturated heterocycles. The Balaban J connectivity index is 1.91. The standard InChI is InChI=1S/C22H25BrN4O4/c1-4-15(3)25-21(29)22(30)27-24-12-16-7-5-6-8-19(16)31-13-20(28)26-17-9-10-18(23)14(2)11-17/h5-12,15H,4,13H2,1-3H3,(H,25,29)(H,26,28)(H,27,30)/b24-12-/t15-/m1/s1. The first-order chi connectivity index (χ1) is 14.8. The zero-order valence-corrected chi connectivity index (χ0v) is 19.2. The minimum absolute atomic E-state index is 0.108. The second kappa shape index (κ2) is 11.8. The number of carbonyl (C=O) groups is 3. The van der Waals surface area contributed by atoms with E-state index in [0.29, 0.717) is 23.4 Å². The number of nitrogens with one attached hydrogen (secondary N) is 3. The van der Waals surface area contributed by atoms with Crippen LogP contribution >= 0.6 is 15.9 Å². The first kappa shape index (κ1) is 24.1. The fraction of sp³-hybridized carbons (Fsp3) is 0.273. The lowest BCUT2D eigenvalue weighted by Crippen LogP contribution is -2.41. The Morgan fingerprint density at radius 1 is 1.16 bits per heavy atom. The molecule has 2 aromatic carbocycles. The molecule has 0 heterocycles. The number of ether oxygens (including phenoxy) is 1. The molecule has 2 rings (SSSR count). The third-order valence-electron chi connectivity index (χ3n) is 4.29. The summed E-state index contributed by atoms with van der Waals surface area (Å²) >= 11 is 3.42. The third-order valence-corrected chi connectivity index (χ3v) is 5.18. The zero-order valence-electron chi connectivity index (χ0n) is 17.6. The molecule has 31 heavy (non-hydrogen) atoms. The third kappa shape index (κ3) is 7.86. The van der Waals surface area contributed by atoms with Crippen molar-refractivity contribution in [3.8, 4) is 5.75 Å². The van der Waals surface area contributed by atoms with Gasteiger partial charge in [-0.05, 0) is 56.2 Å². The predicted molar refractivity (Wildman–Crippen MR) is 123 cm³/mol. The molecular formula is C22H25BrN4O4. The monoisotopic (exact) mass is 488 g/mol. The highest BCUT2D eigenvalue weighted by Crippen LogP contribution is 2.20. The lowest BCUT2D eigenvalue weighted by molar-refractivity contribution is -0.139. The largest absolute Gasteiger partial charge is 0.483 e. The number of para-hydroxylation sites is 1. The summed E-state index contributed by atoms with van der Waals surface area (Å²) in [6.45, 7) is 5.43. The maximum atomic E-state index is 12.2. The molecule has 3 amide bonds. The second-order valence-electron chi connectivity index (χ2n) is 6.82. The van der Waals surface area contributed by atoms with Crippen molar-refractivity contribution >= 4 is 45.6 Å². The van der Waals surface area contributed by atoms with Crippen LogP contribution in [-0.4, -0.2) is 36.6 Å². The Kier molecular flexibility index (Phi) is 9.20. The van der Waals surface area contributed by atoms with Gasteiger partial charge in [0.1, 0.15) is 5.75 Å². The number of nitrogens with zero attached hydrogens (tertiary/aromatic N) is 1. The Morgan fingerprint density at radius 3 is 2.61 bits per heavy atom. The summed E-state index contributed by atoms with van der Waals surface area (Å²) in [6.07, 6.45) is 2.06. The molecule has 0 radical (unpaired) electrons. The lowest BCUT2D eigenvalue weighted by atomic mass is 10.2. The number of aryl methyl sites for hydroxylation is 1. The summed E-state index contributed by atoms with van der Waals surface area (Å²) in [5.41, 5.74) is 4.38. The summed E-state index contributed by atoms with van der Waals surface area (Å²) in [7, 11) is 0. The minimum atomic E-state index is -0.862. The Labute approximate surface area is 189 Å². The highest BCUT2D eigenvalue weighted by molar-refractivity contribution is 9.10. The van der Waals surface area contributed by atoms with Gasteiger partial charge < -0.3 is 15.4 Å². The van der Waals surface area contributed by atoms with E-state index in [9.17, 15) is 14.4 Å². The lowest BCUT2D eigenvalue weighted by Gasteiger charge is -2.11. The first-order valence-electron chi connectivity index (χ1n) is 9.71. The van der Waals surface area contributed by atoms with E-state index in [2.05, 4.69) is 37.1 Å². The summed E-state index contributed by atoms with van der Waals surface area (Å²) in [4.78, 5) is 35.7. The van der Waals surface area contributed by atoms with Crippen LogP contribution in [0.2, 0.25) is 0 Å². The van der Waals surface area contributed by atoms with Gasteiger partial charge in [-0.3, -0.25) is 14.4 Å². The molecule has 0 aliphatic heterocycles. The van der Waals surface area contributed by atoms with Crippen molar-refractivity contribution < 1.29 is 19.1 Å².